The van der Waals surface area contributed by atoms with Crippen LogP contribution < -0.4 is 10.6 Å². The van der Waals surface area contributed by atoms with Gasteiger partial charge in [-0.05, 0) is 48.5 Å². The Hall–Kier alpha value is -4.19. The second-order valence-corrected chi connectivity index (χ2v) is 5.73. The van der Waals surface area contributed by atoms with Crippen LogP contribution in [-0.2, 0) is 0 Å². The average molecular weight is 396 g/mol. The predicted molar refractivity (Wildman–Crippen MR) is 97.6 cm³/mol. The number of carbonyl (C=O) groups excluding carboxylic acids is 2. The molecule has 0 radical (unpaired) electrons. The zero-order valence-corrected chi connectivity index (χ0v) is 14.5. The molecule has 0 bridgehead atoms. The molecule has 3 aromatic rings. The van der Waals surface area contributed by atoms with Crippen molar-refractivity contribution in [3.63, 3.8) is 0 Å². The first-order chi connectivity index (χ1) is 13.9. The molecule has 3 rings (SSSR count). The lowest BCUT2D eigenvalue weighted by Crippen LogP contribution is -2.19. The Morgan fingerprint density at radius 3 is 2.07 bits per heavy atom. The Kier molecular flexibility index (Phi) is 5.55. The number of hydrogen-bond donors (Lipinski definition) is 2. The van der Waals surface area contributed by atoms with E-state index in [4.69, 9.17) is 5.26 Å². The van der Waals surface area contributed by atoms with Crippen molar-refractivity contribution in [2.24, 2.45) is 0 Å². The van der Waals surface area contributed by atoms with Crippen LogP contribution in [0.4, 0.5) is 24.5 Å². The summed E-state index contributed by atoms with van der Waals surface area (Å²) in [6, 6.07) is 13.6. The van der Waals surface area contributed by atoms with Crippen LogP contribution in [0.1, 0.15) is 26.5 Å². The van der Waals surface area contributed by atoms with Gasteiger partial charge in [0.2, 0.25) is 0 Å². The number of carbonyl (C=O) groups is 2. The molecule has 0 saturated heterocycles. The minimum atomic E-state index is -1.72. The monoisotopic (exact) mass is 396 g/mol. The molecule has 29 heavy (non-hydrogen) atoms. The van der Waals surface area contributed by atoms with Crippen LogP contribution in [0.5, 0.6) is 0 Å². The molecular weight excluding hydrogens is 385 g/mol. The maximum absolute atomic E-state index is 13.7. The van der Waals surface area contributed by atoms with Gasteiger partial charge in [-0.1, -0.05) is 6.07 Å². The lowest BCUT2D eigenvalue weighted by Gasteiger charge is -2.08. The van der Waals surface area contributed by atoms with E-state index in [2.05, 4.69) is 15.6 Å². The van der Waals surface area contributed by atoms with Crippen LogP contribution >= 0.6 is 0 Å². The van der Waals surface area contributed by atoms with Crippen LogP contribution in [-0.4, -0.2) is 16.8 Å². The molecule has 0 unspecified atom stereocenters. The van der Waals surface area contributed by atoms with E-state index in [1.807, 2.05) is 6.07 Å². The minimum absolute atomic E-state index is 0.104. The maximum Gasteiger partial charge on any atom is 0.274 e. The van der Waals surface area contributed by atoms with Crippen molar-refractivity contribution in [2.75, 3.05) is 10.6 Å². The lowest BCUT2D eigenvalue weighted by atomic mass is 10.2. The summed E-state index contributed by atoms with van der Waals surface area (Å²) >= 11 is 0. The number of nitrogens with zero attached hydrogens (tertiary/aromatic N) is 2. The number of aromatic nitrogens is 1. The van der Waals surface area contributed by atoms with E-state index in [0.29, 0.717) is 17.3 Å². The highest BCUT2D eigenvalue weighted by molar-refractivity contribution is 6.06. The normalized spacial score (nSPS) is 10.1. The molecule has 2 N–H and O–H groups in total. The van der Waals surface area contributed by atoms with Gasteiger partial charge in [-0.3, -0.25) is 9.59 Å². The van der Waals surface area contributed by atoms with Crippen LogP contribution in [0.2, 0.25) is 0 Å². The number of nitrogens with one attached hydrogen (secondary N) is 2. The van der Waals surface area contributed by atoms with Crippen molar-refractivity contribution in [2.45, 2.75) is 0 Å². The second kappa shape index (κ2) is 8.22. The van der Waals surface area contributed by atoms with Gasteiger partial charge in [0.25, 0.3) is 11.8 Å². The third-order valence-corrected chi connectivity index (χ3v) is 3.77. The number of amides is 2. The Labute approximate surface area is 162 Å². The summed E-state index contributed by atoms with van der Waals surface area (Å²) in [5, 5.41) is 13.4. The van der Waals surface area contributed by atoms with E-state index in [1.165, 1.54) is 42.5 Å². The standard InChI is InChI=1S/C20H11F3N4O2/c21-13-8-9-14(18(23)17(13)22)27-20(29)16-3-1-2-15(26-16)19(28)25-12-6-4-11(10-24)5-7-12/h1-9H,(H,25,28)(H,27,29). The Morgan fingerprint density at radius 1 is 0.828 bits per heavy atom. The van der Waals surface area contributed by atoms with Gasteiger partial charge in [-0.15, -0.1) is 0 Å². The van der Waals surface area contributed by atoms with Gasteiger partial charge < -0.3 is 10.6 Å². The van der Waals surface area contributed by atoms with Crippen LogP contribution in [0.15, 0.2) is 54.6 Å². The highest BCUT2D eigenvalue weighted by Crippen LogP contribution is 2.20. The van der Waals surface area contributed by atoms with Gasteiger partial charge in [0, 0.05) is 5.69 Å². The number of anilines is 2. The fourth-order valence-corrected chi connectivity index (χ4v) is 2.32. The molecule has 9 heteroatoms. The van der Waals surface area contributed by atoms with Crippen LogP contribution in [0, 0.1) is 28.8 Å². The van der Waals surface area contributed by atoms with Gasteiger partial charge in [0.1, 0.15) is 11.4 Å². The number of hydrogen-bond acceptors (Lipinski definition) is 4. The zero-order valence-electron chi connectivity index (χ0n) is 14.5. The highest BCUT2D eigenvalue weighted by atomic mass is 19.2. The van der Waals surface area contributed by atoms with Crippen LogP contribution in [0.25, 0.3) is 0 Å². The van der Waals surface area contributed by atoms with Crippen molar-refractivity contribution in [3.8, 4) is 6.07 Å². The molecule has 0 spiro atoms. The van der Waals surface area contributed by atoms with Crippen molar-refractivity contribution in [1.82, 2.24) is 4.98 Å². The minimum Gasteiger partial charge on any atom is -0.321 e. The molecule has 2 amide bonds. The van der Waals surface area contributed by atoms with E-state index >= 15 is 0 Å². The summed E-state index contributed by atoms with van der Waals surface area (Å²) in [7, 11) is 0. The van der Waals surface area contributed by atoms with Gasteiger partial charge >= 0.3 is 0 Å². The summed E-state index contributed by atoms with van der Waals surface area (Å²) in [4.78, 5) is 28.5. The van der Waals surface area contributed by atoms with Gasteiger partial charge in [0.05, 0.1) is 17.3 Å². The highest BCUT2D eigenvalue weighted by Gasteiger charge is 2.18. The quantitative estimate of drug-likeness (QED) is 0.655. The second-order valence-electron chi connectivity index (χ2n) is 5.73. The molecule has 144 valence electrons. The molecule has 0 aliphatic heterocycles. The van der Waals surface area contributed by atoms with Crippen molar-refractivity contribution < 1.29 is 22.8 Å². The fourth-order valence-electron chi connectivity index (χ4n) is 2.32. The van der Waals surface area contributed by atoms with E-state index in [9.17, 15) is 22.8 Å². The average Bonchev–Trinajstić information content (AvgIpc) is 2.74. The number of rotatable bonds is 4. The fraction of sp³-hybridized carbons (Fsp3) is 0. The molecule has 6 nitrogen and oxygen atoms in total. The molecule has 0 atom stereocenters. The predicted octanol–water partition coefficient (Wildman–Crippen LogP) is 3.88. The van der Waals surface area contributed by atoms with Gasteiger partial charge in [-0.2, -0.15) is 5.26 Å². The van der Waals surface area contributed by atoms with E-state index < -0.39 is 35.0 Å². The molecular formula is C20H11F3N4O2. The van der Waals surface area contributed by atoms with Crippen molar-refractivity contribution >= 4 is 23.2 Å². The largest absolute Gasteiger partial charge is 0.321 e. The molecule has 1 heterocycles. The Balaban J connectivity index is 1.76. The topological polar surface area (TPSA) is 94.9 Å². The maximum atomic E-state index is 13.7. The zero-order chi connectivity index (χ0) is 21.0. The van der Waals surface area contributed by atoms with Crippen molar-refractivity contribution in [3.05, 3.63) is 89.0 Å². The molecule has 1 aromatic heterocycles. The summed E-state index contributed by atoms with van der Waals surface area (Å²) in [5.74, 6) is -6.19. The first-order valence-corrected chi connectivity index (χ1v) is 8.12. The van der Waals surface area contributed by atoms with E-state index in [-0.39, 0.29) is 11.4 Å². The first-order valence-electron chi connectivity index (χ1n) is 8.12. The van der Waals surface area contributed by atoms with Gasteiger partial charge in [-0.25, -0.2) is 18.2 Å². The van der Waals surface area contributed by atoms with E-state index in [1.54, 1.807) is 0 Å². The summed E-state index contributed by atoms with van der Waals surface area (Å²) < 4.78 is 40.0. The SMILES string of the molecule is N#Cc1ccc(NC(=O)c2cccc(C(=O)Nc3ccc(F)c(F)c3F)n2)cc1. The summed E-state index contributed by atoms with van der Waals surface area (Å²) in [6.07, 6.45) is 0. The molecule has 0 fully saturated rings. The third-order valence-electron chi connectivity index (χ3n) is 3.77. The third kappa shape index (κ3) is 4.39. The van der Waals surface area contributed by atoms with Gasteiger partial charge in [0.15, 0.2) is 17.5 Å². The molecule has 0 aliphatic carbocycles. The van der Waals surface area contributed by atoms with Crippen LogP contribution in [0.3, 0.4) is 0 Å². The summed E-state index contributed by atoms with van der Waals surface area (Å²) in [6.45, 7) is 0. The lowest BCUT2D eigenvalue weighted by molar-refractivity contribution is 0.101. The number of benzene rings is 2. The Morgan fingerprint density at radius 2 is 1.45 bits per heavy atom. The molecule has 0 aliphatic rings. The molecule has 2 aromatic carbocycles. The summed E-state index contributed by atoms with van der Waals surface area (Å²) in [5.41, 5.74) is -0.0729. The number of pyridine rings is 1. The first kappa shape index (κ1) is 19.6. The number of nitriles is 1. The van der Waals surface area contributed by atoms with E-state index in [0.717, 1.165) is 6.07 Å². The van der Waals surface area contributed by atoms with Crippen molar-refractivity contribution in [1.29, 1.82) is 5.26 Å². The molecule has 0 saturated carbocycles. The number of halogens is 3. The smallest absolute Gasteiger partial charge is 0.274 e. The Bertz CT molecular complexity index is 1140.